The van der Waals surface area contributed by atoms with E-state index in [1.165, 1.54) is 0 Å². The number of rotatable bonds is 7. The van der Waals surface area contributed by atoms with Crippen molar-refractivity contribution >= 4 is 11.4 Å². The van der Waals surface area contributed by atoms with Crippen molar-refractivity contribution < 1.29 is 4.74 Å². The van der Waals surface area contributed by atoms with Crippen LogP contribution in [-0.2, 0) is 5.41 Å². The van der Waals surface area contributed by atoms with E-state index in [4.69, 9.17) is 4.74 Å². The molecule has 0 aliphatic heterocycles. The minimum absolute atomic E-state index is 0.101. The Bertz CT molecular complexity index is 976. The Morgan fingerprint density at radius 1 is 0.677 bits per heavy atom. The molecule has 0 saturated heterocycles. The highest BCUT2D eigenvalue weighted by Gasteiger charge is 2.37. The monoisotopic (exact) mass is 413 g/mol. The first-order valence-electron chi connectivity index (χ1n) is 10.5. The molecule has 0 fully saturated rings. The van der Waals surface area contributed by atoms with Crippen LogP contribution in [-0.4, -0.2) is 34.3 Å². The fraction of sp³-hybridized carbons (Fsp3) is 0.296. The third-order valence-electron chi connectivity index (χ3n) is 5.46. The number of hydrogen-bond donors (Lipinski definition) is 0. The molecule has 3 rings (SSSR count). The minimum Gasteiger partial charge on any atom is -0.491 e. The van der Waals surface area contributed by atoms with Crippen LogP contribution in [0.2, 0.25) is 0 Å². The summed E-state index contributed by atoms with van der Waals surface area (Å²) < 4.78 is 5.82. The quantitative estimate of drug-likeness (QED) is 0.482. The van der Waals surface area contributed by atoms with E-state index in [2.05, 4.69) is 64.4 Å². The molecule has 0 spiro atoms. The van der Waals surface area contributed by atoms with Gasteiger partial charge in [0.2, 0.25) is 0 Å². The molecule has 4 nitrogen and oxygen atoms in total. The zero-order valence-electron chi connectivity index (χ0n) is 19.3. The Labute approximate surface area is 186 Å². The standard InChI is InChI=1S/C27H31N3O/c1-20(2)31-26-17-11-23(12-18-26)27(19-28,21-7-13-24(14-8-21)29(3)4)22-9-15-25(16-10-22)30(5)6/h7-18,20H,1-6H3. The second-order valence-electron chi connectivity index (χ2n) is 8.44. The Morgan fingerprint density at radius 3 is 1.32 bits per heavy atom. The first kappa shape index (κ1) is 22.2. The van der Waals surface area contributed by atoms with Crippen LogP contribution in [0, 0.1) is 11.3 Å². The van der Waals surface area contributed by atoms with Crippen molar-refractivity contribution in [3.8, 4) is 11.8 Å². The molecule has 3 aromatic carbocycles. The number of anilines is 2. The predicted octanol–water partition coefficient (Wildman–Crippen LogP) is 5.46. The summed E-state index contributed by atoms with van der Waals surface area (Å²) in [6, 6.07) is 27.0. The van der Waals surface area contributed by atoms with Crippen LogP contribution in [0.1, 0.15) is 30.5 Å². The van der Waals surface area contributed by atoms with Crippen LogP contribution in [0.4, 0.5) is 11.4 Å². The van der Waals surface area contributed by atoms with E-state index >= 15 is 0 Å². The average molecular weight is 414 g/mol. The zero-order valence-corrected chi connectivity index (χ0v) is 19.3. The van der Waals surface area contributed by atoms with Gasteiger partial charge in [-0.25, -0.2) is 0 Å². The van der Waals surface area contributed by atoms with Crippen LogP contribution in [0.5, 0.6) is 5.75 Å². The molecule has 0 radical (unpaired) electrons. The lowest BCUT2D eigenvalue weighted by Crippen LogP contribution is -2.27. The highest BCUT2D eigenvalue weighted by atomic mass is 16.5. The van der Waals surface area contributed by atoms with E-state index < -0.39 is 5.41 Å². The highest BCUT2D eigenvalue weighted by molar-refractivity contribution is 5.61. The maximum Gasteiger partial charge on any atom is 0.132 e. The van der Waals surface area contributed by atoms with Gasteiger partial charge in [0.25, 0.3) is 0 Å². The summed E-state index contributed by atoms with van der Waals surface area (Å²) in [5.41, 5.74) is 4.07. The zero-order chi connectivity index (χ0) is 22.6. The molecule has 0 aliphatic carbocycles. The second kappa shape index (κ2) is 9.14. The molecule has 4 heteroatoms. The fourth-order valence-corrected chi connectivity index (χ4v) is 3.77. The van der Waals surface area contributed by atoms with E-state index in [1.54, 1.807) is 0 Å². The van der Waals surface area contributed by atoms with Crippen molar-refractivity contribution in [1.82, 2.24) is 0 Å². The summed E-state index contributed by atoms with van der Waals surface area (Å²) >= 11 is 0. The van der Waals surface area contributed by atoms with Crippen molar-refractivity contribution in [2.75, 3.05) is 38.0 Å². The van der Waals surface area contributed by atoms with Gasteiger partial charge in [0.05, 0.1) is 12.2 Å². The van der Waals surface area contributed by atoms with Crippen LogP contribution < -0.4 is 14.5 Å². The van der Waals surface area contributed by atoms with E-state index in [0.717, 1.165) is 33.8 Å². The third-order valence-corrected chi connectivity index (χ3v) is 5.46. The fourth-order valence-electron chi connectivity index (χ4n) is 3.77. The number of hydrogen-bond acceptors (Lipinski definition) is 4. The van der Waals surface area contributed by atoms with Gasteiger partial charge < -0.3 is 14.5 Å². The van der Waals surface area contributed by atoms with Gasteiger partial charge in [0.1, 0.15) is 11.2 Å². The van der Waals surface area contributed by atoms with E-state index in [1.807, 2.05) is 66.3 Å². The molecule has 0 unspecified atom stereocenters. The molecule has 0 heterocycles. The normalized spacial score (nSPS) is 11.2. The molecule has 160 valence electrons. The maximum absolute atomic E-state index is 10.6. The molecule has 31 heavy (non-hydrogen) atoms. The Morgan fingerprint density at radius 2 is 1.03 bits per heavy atom. The molecular weight excluding hydrogens is 382 g/mol. The molecule has 0 bridgehead atoms. The topological polar surface area (TPSA) is 39.5 Å². The van der Waals surface area contributed by atoms with Crippen LogP contribution in [0.25, 0.3) is 0 Å². The molecular formula is C27H31N3O. The molecule has 0 aromatic heterocycles. The summed E-state index contributed by atoms with van der Waals surface area (Å²) in [4.78, 5) is 4.11. The Hall–Kier alpha value is -3.45. The van der Waals surface area contributed by atoms with Gasteiger partial charge in [-0.3, -0.25) is 0 Å². The lowest BCUT2D eigenvalue weighted by molar-refractivity contribution is 0.242. The smallest absolute Gasteiger partial charge is 0.132 e. The minimum atomic E-state index is -0.925. The van der Waals surface area contributed by atoms with Crippen LogP contribution in [0.3, 0.4) is 0 Å². The van der Waals surface area contributed by atoms with Crippen molar-refractivity contribution in [1.29, 1.82) is 5.26 Å². The molecule has 3 aromatic rings. The van der Waals surface area contributed by atoms with Crippen LogP contribution >= 0.6 is 0 Å². The summed E-state index contributed by atoms with van der Waals surface area (Å²) in [7, 11) is 8.06. The van der Waals surface area contributed by atoms with E-state index in [9.17, 15) is 5.26 Å². The lowest BCUT2D eigenvalue weighted by Gasteiger charge is -2.30. The molecule has 0 atom stereocenters. The average Bonchev–Trinajstić information content (AvgIpc) is 2.76. The second-order valence-corrected chi connectivity index (χ2v) is 8.44. The summed E-state index contributed by atoms with van der Waals surface area (Å²) in [5.74, 6) is 0.802. The van der Waals surface area contributed by atoms with Crippen molar-refractivity contribution in [2.45, 2.75) is 25.4 Å². The van der Waals surface area contributed by atoms with E-state index in [-0.39, 0.29) is 6.10 Å². The largest absolute Gasteiger partial charge is 0.491 e. The van der Waals surface area contributed by atoms with Gasteiger partial charge in [-0.05, 0) is 66.9 Å². The van der Waals surface area contributed by atoms with Gasteiger partial charge in [0, 0.05) is 39.6 Å². The number of ether oxygens (including phenoxy) is 1. The highest BCUT2D eigenvalue weighted by Crippen LogP contribution is 2.40. The van der Waals surface area contributed by atoms with Gasteiger partial charge in [-0.15, -0.1) is 0 Å². The summed E-state index contributed by atoms with van der Waals surface area (Å²) in [6.07, 6.45) is 0.101. The molecule has 0 amide bonds. The van der Waals surface area contributed by atoms with Crippen LogP contribution in [0.15, 0.2) is 72.8 Å². The van der Waals surface area contributed by atoms with Gasteiger partial charge in [-0.1, -0.05) is 36.4 Å². The SMILES string of the molecule is CC(C)Oc1ccc(C(C#N)(c2ccc(N(C)C)cc2)c2ccc(N(C)C)cc2)cc1. The molecule has 0 N–H and O–H groups in total. The first-order chi connectivity index (χ1) is 14.8. The first-order valence-corrected chi connectivity index (χ1v) is 10.5. The van der Waals surface area contributed by atoms with Gasteiger partial charge >= 0.3 is 0 Å². The Kier molecular flexibility index (Phi) is 6.56. The van der Waals surface area contributed by atoms with Crippen molar-refractivity contribution in [3.05, 3.63) is 89.5 Å². The third kappa shape index (κ3) is 4.51. The van der Waals surface area contributed by atoms with E-state index in [0.29, 0.717) is 0 Å². The number of nitriles is 1. The summed E-state index contributed by atoms with van der Waals surface area (Å²) in [5, 5.41) is 10.6. The number of nitrogens with zero attached hydrogens (tertiary/aromatic N) is 3. The summed E-state index contributed by atoms with van der Waals surface area (Å²) in [6.45, 7) is 4.01. The van der Waals surface area contributed by atoms with Gasteiger partial charge in [0.15, 0.2) is 0 Å². The Balaban J connectivity index is 2.17. The van der Waals surface area contributed by atoms with Crippen molar-refractivity contribution in [2.24, 2.45) is 0 Å². The van der Waals surface area contributed by atoms with Crippen molar-refractivity contribution in [3.63, 3.8) is 0 Å². The number of benzene rings is 3. The maximum atomic E-state index is 10.6. The van der Waals surface area contributed by atoms with Gasteiger partial charge in [-0.2, -0.15) is 5.26 Å². The molecule has 0 aliphatic rings. The molecule has 0 saturated carbocycles. The lowest BCUT2D eigenvalue weighted by atomic mass is 9.70. The predicted molar refractivity (Wildman–Crippen MR) is 129 cm³/mol.